The van der Waals surface area contributed by atoms with E-state index in [1.54, 1.807) is 0 Å². The average Bonchev–Trinajstić information content (AvgIpc) is 2.46. The summed E-state index contributed by atoms with van der Waals surface area (Å²) >= 11 is 0. The van der Waals surface area contributed by atoms with Gasteiger partial charge in [-0.1, -0.05) is 4.33 Å². The number of hydrogen-bond acceptors (Lipinski definition) is 17. The second-order valence-electron chi connectivity index (χ2n) is 3.03. The summed E-state index contributed by atoms with van der Waals surface area (Å²) in [7, 11) is -9.45. The van der Waals surface area contributed by atoms with Crippen LogP contribution in [0.15, 0.2) is 0 Å². The molecule has 0 spiro atoms. The molecule has 0 aliphatic heterocycles. The SMILES string of the molecule is O=S(=O)(O)Cl.O=S(=O)(O)OOCCO.O=S(=O)([O-])OOCCO.OCCOO.[Li+].[Li+].[OH-]. The standard InChI is InChI=1S/2C2H6O6S.C2H6O3.ClHO3S.2Li.H2O/c2*3-1-2-7-8-9(4,5)6;3-1-2-5-4;1-5(2,3)4;;;/h2*3H,1-2H2,(H,4,5,6);3-4H,1-2H2;(H,2,3,4);;;1H2/q;;;;2*+1;/p-2. The van der Waals surface area contributed by atoms with E-state index in [1.807, 2.05) is 0 Å². The number of hydrogen-bond donors (Lipinski definition) is 6. The summed E-state index contributed by atoms with van der Waals surface area (Å²) in [5, 5.41) is 31.1. The van der Waals surface area contributed by atoms with Crippen LogP contribution in [0.2, 0.25) is 0 Å². The minimum Gasteiger partial charge on any atom is -0.870 e. The largest absolute Gasteiger partial charge is 1.00 e. The first kappa shape index (κ1) is 49.1. The minimum absolute atomic E-state index is 0. The molecule has 0 saturated carbocycles. The molecule has 0 aromatic heterocycles. The van der Waals surface area contributed by atoms with Crippen LogP contribution >= 0.6 is 10.7 Å². The molecule has 0 aromatic rings. The zero-order chi connectivity index (χ0) is 23.3. The van der Waals surface area contributed by atoms with Gasteiger partial charge >= 0.3 is 57.5 Å². The van der Waals surface area contributed by atoms with Gasteiger partial charge in [0.1, 0.15) is 19.8 Å². The molecule has 0 atom stereocenters. The van der Waals surface area contributed by atoms with Gasteiger partial charge in [0.2, 0.25) is 10.4 Å². The summed E-state index contributed by atoms with van der Waals surface area (Å²) in [6.45, 7) is -1.57. The molecule has 31 heavy (non-hydrogen) atoms. The number of halogens is 1. The predicted octanol–water partition coefficient (Wildman–Crippen LogP) is -9.56. The number of rotatable bonds is 10. The summed E-state index contributed by atoms with van der Waals surface area (Å²) in [6, 6.07) is 0. The number of aliphatic hydroxyl groups is 3. The minimum atomic E-state index is -4.78. The molecule has 0 heterocycles. The maximum Gasteiger partial charge on any atom is 1.00 e. The fourth-order valence-corrected chi connectivity index (χ4v) is 0.679. The summed E-state index contributed by atoms with van der Waals surface area (Å²) in [5.41, 5.74) is 0. The first-order valence-electron chi connectivity index (χ1n) is 5.85. The van der Waals surface area contributed by atoms with E-state index in [0.717, 1.165) is 0 Å². The van der Waals surface area contributed by atoms with Crippen molar-refractivity contribution >= 4 is 40.8 Å². The van der Waals surface area contributed by atoms with Gasteiger partial charge < -0.3 is 25.3 Å². The predicted molar refractivity (Wildman–Crippen MR) is 84.5 cm³/mol. The molecule has 0 amide bonds. The first-order chi connectivity index (χ1) is 12.5. The number of aliphatic hydroxyl groups excluding tert-OH is 3. The van der Waals surface area contributed by atoms with Crippen molar-refractivity contribution in [3.8, 4) is 0 Å². The molecule has 0 rings (SSSR count). The second kappa shape index (κ2) is 30.8. The first-order valence-corrected chi connectivity index (χ1v) is 10.8. The summed E-state index contributed by atoms with van der Waals surface area (Å²) in [5.74, 6) is 0. The Morgan fingerprint density at radius 1 is 0.742 bits per heavy atom. The summed E-state index contributed by atoms with van der Waals surface area (Å²) in [6.07, 6.45) is 0. The van der Waals surface area contributed by atoms with Crippen molar-refractivity contribution in [1.82, 2.24) is 0 Å². The van der Waals surface area contributed by atoms with Gasteiger partial charge in [-0.25, -0.2) is 23.1 Å². The van der Waals surface area contributed by atoms with Gasteiger partial charge in [0, 0.05) is 10.7 Å². The third-order valence-corrected chi connectivity index (χ3v) is 1.33. The normalized spacial score (nSPS) is 10.1. The van der Waals surface area contributed by atoms with Crippen LogP contribution in [0.25, 0.3) is 0 Å². The second-order valence-corrected chi connectivity index (χ2v) is 6.97. The molecule has 0 aliphatic carbocycles. The van der Waals surface area contributed by atoms with E-state index >= 15 is 0 Å². The van der Waals surface area contributed by atoms with Crippen LogP contribution in [0.3, 0.4) is 0 Å². The van der Waals surface area contributed by atoms with Crippen molar-refractivity contribution in [1.29, 1.82) is 0 Å². The molecule has 19 nitrogen and oxygen atoms in total. The molecule has 0 aromatic carbocycles. The van der Waals surface area contributed by atoms with E-state index in [1.165, 1.54) is 0 Å². The maximum atomic E-state index is 9.63. The van der Waals surface area contributed by atoms with Crippen LogP contribution in [-0.4, -0.2) is 105 Å². The van der Waals surface area contributed by atoms with Crippen molar-refractivity contribution in [3.05, 3.63) is 0 Å². The Morgan fingerprint density at radius 3 is 1.19 bits per heavy atom. The Morgan fingerprint density at radius 2 is 1.03 bits per heavy atom. The van der Waals surface area contributed by atoms with Crippen LogP contribution in [0, 0.1) is 0 Å². The van der Waals surface area contributed by atoms with Crippen molar-refractivity contribution in [2.45, 2.75) is 0 Å². The van der Waals surface area contributed by atoms with Gasteiger partial charge in [0.25, 0.3) is 0 Å². The van der Waals surface area contributed by atoms with Gasteiger partial charge in [0.05, 0.1) is 19.8 Å². The van der Waals surface area contributed by atoms with Gasteiger partial charge in [0.15, 0.2) is 0 Å². The maximum absolute atomic E-state index is 9.63. The summed E-state index contributed by atoms with van der Waals surface area (Å²) < 4.78 is 87.3. The van der Waals surface area contributed by atoms with Gasteiger partial charge in [-0.15, -0.1) is 4.33 Å². The fraction of sp³-hybridized carbons (Fsp3) is 1.00. The van der Waals surface area contributed by atoms with Crippen LogP contribution in [0.5, 0.6) is 0 Å². The van der Waals surface area contributed by atoms with Crippen molar-refractivity contribution in [2.24, 2.45) is 0 Å². The molecule has 25 heteroatoms. The monoisotopic (exact) mass is 540 g/mol. The van der Waals surface area contributed by atoms with E-state index in [-0.39, 0.29) is 76.2 Å². The van der Waals surface area contributed by atoms with Crippen LogP contribution in [0.1, 0.15) is 0 Å². The third-order valence-electron chi connectivity index (χ3n) is 0.797. The molecule has 7 N–H and O–H groups in total. The third kappa shape index (κ3) is 117. The molecule has 184 valence electrons. The van der Waals surface area contributed by atoms with Crippen LogP contribution in [-0.2, 0) is 53.5 Å². The van der Waals surface area contributed by atoms with Crippen molar-refractivity contribution in [3.63, 3.8) is 0 Å². The Hall–Kier alpha value is 0.815. The Labute approximate surface area is 205 Å². The quantitative estimate of drug-likeness (QED) is 0.0284. The smallest absolute Gasteiger partial charge is 0.870 e. The molecule has 0 unspecified atom stereocenters. The van der Waals surface area contributed by atoms with Crippen LogP contribution < -0.4 is 37.7 Å². The molecular weight excluding hydrogens is 522 g/mol. The average molecular weight is 541 g/mol. The Kier molecular flexibility index (Phi) is 48.8. The van der Waals surface area contributed by atoms with E-state index in [9.17, 15) is 21.4 Å². The van der Waals surface area contributed by atoms with Gasteiger partial charge in [-0.05, 0) is 0 Å². The fourth-order valence-electron chi connectivity index (χ4n) is 0.303. The summed E-state index contributed by atoms with van der Waals surface area (Å²) in [4.78, 5) is 10.9. The molecule has 0 radical (unpaired) electrons. The van der Waals surface area contributed by atoms with E-state index in [0.29, 0.717) is 0 Å². The van der Waals surface area contributed by atoms with Crippen LogP contribution in [0.4, 0.5) is 0 Å². The Balaban J connectivity index is -0.0000000497. The molecule has 0 aliphatic rings. The Bertz CT molecular complexity index is 575. The van der Waals surface area contributed by atoms with Crippen molar-refractivity contribution in [2.75, 3.05) is 39.6 Å². The van der Waals surface area contributed by atoms with Gasteiger partial charge in [-0.2, -0.15) is 16.8 Å². The molecule has 0 saturated heterocycles. The van der Waals surface area contributed by atoms with E-state index < -0.39 is 36.7 Å². The molecular formula is C6H19ClLi2O19S3. The van der Waals surface area contributed by atoms with E-state index in [4.69, 9.17) is 38.1 Å². The van der Waals surface area contributed by atoms with E-state index in [2.05, 4.69) is 34.0 Å². The topological polar surface area (TPSA) is 323 Å². The van der Waals surface area contributed by atoms with Gasteiger partial charge in [-0.3, -0.25) is 14.4 Å². The molecule has 0 fully saturated rings. The zero-order valence-corrected chi connectivity index (χ0v) is 19.1. The molecule has 0 bridgehead atoms. The van der Waals surface area contributed by atoms with Crippen molar-refractivity contribution < 1.29 is 126 Å². The zero-order valence-electron chi connectivity index (χ0n) is 15.9.